The number of carbonyl (C=O) groups is 2. The molecule has 1 atom stereocenters. The fourth-order valence-electron chi connectivity index (χ4n) is 4.76. The minimum atomic E-state index is -4.44. The van der Waals surface area contributed by atoms with Gasteiger partial charge in [-0.15, -0.1) is 0 Å². The van der Waals surface area contributed by atoms with E-state index in [9.17, 15) is 22.8 Å². The maximum Gasteiger partial charge on any atom is 0.416 e. The number of aryl methyl sites for hydroxylation is 1. The van der Waals surface area contributed by atoms with Crippen LogP contribution in [0.25, 0.3) is 11.1 Å². The number of rotatable bonds is 8. The second kappa shape index (κ2) is 10.9. The van der Waals surface area contributed by atoms with Crippen molar-refractivity contribution >= 4 is 17.5 Å². The number of carbonyl (C=O) groups excluding carboxylic acids is 2. The first kappa shape index (κ1) is 27.1. The van der Waals surface area contributed by atoms with Crippen molar-refractivity contribution in [3.8, 4) is 16.9 Å². The number of methoxy groups -OCH3 is 1. The van der Waals surface area contributed by atoms with E-state index in [0.29, 0.717) is 34.0 Å². The second-order valence-electron chi connectivity index (χ2n) is 9.86. The molecule has 5 rings (SSSR count). The molecule has 40 heavy (non-hydrogen) atoms. The number of ether oxygens (including phenoxy) is 1. The van der Waals surface area contributed by atoms with Gasteiger partial charge in [0.25, 0.3) is 11.8 Å². The van der Waals surface area contributed by atoms with Gasteiger partial charge in [-0.25, -0.2) is 0 Å². The SMILES string of the molecule is COc1ccc(C(NC(=O)c2cc(NC(=O)c3ccccc3-c3ccc(C(F)(F)F)cc3)cn2C)C2CC2)cc1. The summed E-state index contributed by atoms with van der Waals surface area (Å²) in [5, 5.41) is 5.96. The van der Waals surface area contributed by atoms with Crippen molar-refractivity contribution in [2.24, 2.45) is 13.0 Å². The van der Waals surface area contributed by atoms with E-state index < -0.39 is 17.6 Å². The van der Waals surface area contributed by atoms with E-state index in [-0.39, 0.29) is 11.9 Å². The maximum absolute atomic E-state index is 13.3. The van der Waals surface area contributed by atoms with Crippen molar-refractivity contribution in [2.75, 3.05) is 12.4 Å². The van der Waals surface area contributed by atoms with Crippen LogP contribution in [0.5, 0.6) is 5.75 Å². The highest BCUT2D eigenvalue weighted by Gasteiger charge is 2.34. The lowest BCUT2D eigenvalue weighted by molar-refractivity contribution is -0.137. The Balaban J connectivity index is 1.32. The number of amides is 2. The van der Waals surface area contributed by atoms with Crippen LogP contribution in [0.15, 0.2) is 85.1 Å². The Kier molecular flexibility index (Phi) is 7.38. The molecule has 2 N–H and O–H groups in total. The van der Waals surface area contributed by atoms with Crippen LogP contribution in [-0.2, 0) is 13.2 Å². The van der Waals surface area contributed by atoms with Crippen molar-refractivity contribution in [2.45, 2.75) is 25.1 Å². The summed E-state index contributed by atoms with van der Waals surface area (Å²) in [6.07, 6.45) is -0.735. The highest BCUT2D eigenvalue weighted by Crippen LogP contribution is 2.41. The summed E-state index contributed by atoms with van der Waals surface area (Å²) in [6, 6.07) is 20.5. The lowest BCUT2D eigenvalue weighted by Gasteiger charge is -2.19. The van der Waals surface area contributed by atoms with Gasteiger partial charge in [0, 0.05) is 18.8 Å². The zero-order valence-electron chi connectivity index (χ0n) is 22.0. The zero-order chi connectivity index (χ0) is 28.4. The lowest BCUT2D eigenvalue weighted by Crippen LogP contribution is -2.31. The van der Waals surface area contributed by atoms with Crippen LogP contribution in [0.3, 0.4) is 0 Å². The minimum Gasteiger partial charge on any atom is -0.497 e. The standard InChI is InChI=1S/C31H28F3N3O3/c1-37-18-23(17-27(37)30(39)36-28(20-7-8-20)21-11-15-24(40-2)16-12-21)35-29(38)26-6-4-3-5-25(26)19-9-13-22(14-10-19)31(32,33)34/h3-6,9-18,20,28H,7-8H2,1-2H3,(H,35,38)(H,36,39). The van der Waals surface area contributed by atoms with Crippen LogP contribution in [0.1, 0.15) is 50.9 Å². The van der Waals surface area contributed by atoms with Crippen LogP contribution >= 0.6 is 0 Å². The number of benzene rings is 3. The highest BCUT2D eigenvalue weighted by atomic mass is 19.4. The maximum atomic E-state index is 13.3. The molecule has 6 nitrogen and oxygen atoms in total. The van der Waals surface area contributed by atoms with Gasteiger partial charge in [-0.3, -0.25) is 9.59 Å². The van der Waals surface area contributed by atoms with Crippen LogP contribution < -0.4 is 15.4 Å². The quantitative estimate of drug-likeness (QED) is 0.253. The van der Waals surface area contributed by atoms with Crippen LogP contribution in [0.4, 0.5) is 18.9 Å². The molecular weight excluding hydrogens is 519 g/mol. The number of nitrogens with zero attached hydrogens (tertiary/aromatic N) is 1. The van der Waals surface area contributed by atoms with E-state index in [0.717, 1.165) is 36.3 Å². The minimum absolute atomic E-state index is 0.137. The smallest absolute Gasteiger partial charge is 0.416 e. The van der Waals surface area contributed by atoms with Crippen LogP contribution in [0, 0.1) is 5.92 Å². The fraction of sp³-hybridized carbons (Fsp3) is 0.226. The van der Waals surface area contributed by atoms with E-state index in [1.54, 1.807) is 55.3 Å². The van der Waals surface area contributed by atoms with E-state index in [1.807, 2.05) is 24.3 Å². The largest absolute Gasteiger partial charge is 0.497 e. The van der Waals surface area contributed by atoms with Crippen molar-refractivity contribution in [1.82, 2.24) is 9.88 Å². The normalized spacial score (nSPS) is 13.9. The molecule has 3 aromatic carbocycles. The first-order chi connectivity index (χ1) is 19.1. The van der Waals surface area contributed by atoms with Crippen molar-refractivity contribution in [3.05, 3.63) is 107 Å². The van der Waals surface area contributed by atoms with Gasteiger partial charge >= 0.3 is 6.18 Å². The van der Waals surface area contributed by atoms with Gasteiger partial charge in [-0.2, -0.15) is 13.2 Å². The zero-order valence-corrected chi connectivity index (χ0v) is 22.0. The van der Waals surface area contributed by atoms with E-state index in [1.165, 1.54) is 12.1 Å². The van der Waals surface area contributed by atoms with Gasteiger partial charge in [-0.05, 0) is 71.8 Å². The summed E-state index contributed by atoms with van der Waals surface area (Å²) in [7, 11) is 3.33. The number of nitrogens with one attached hydrogen (secondary N) is 2. The molecule has 0 radical (unpaired) electrons. The fourth-order valence-corrected chi connectivity index (χ4v) is 4.76. The Morgan fingerprint density at radius 3 is 2.25 bits per heavy atom. The van der Waals surface area contributed by atoms with Gasteiger partial charge in [-0.1, -0.05) is 42.5 Å². The highest BCUT2D eigenvalue weighted by molar-refractivity contribution is 6.09. The third kappa shape index (κ3) is 5.88. The van der Waals surface area contributed by atoms with E-state index in [4.69, 9.17) is 4.74 Å². The Labute approximate surface area is 229 Å². The molecule has 9 heteroatoms. The Bertz CT molecular complexity index is 1520. The first-order valence-electron chi connectivity index (χ1n) is 12.8. The van der Waals surface area contributed by atoms with Crippen LogP contribution in [0.2, 0.25) is 0 Å². The summed E-state index contributed by atoms with van der Waals surface area (Å²) in [5.41, 5.74) is 2.32. The molecule has 1 fully saturated rings. The number of hydrogen-bond acceptors (Lipinski definition) is 3. The number of alkyl halides is 3. The van der Waals surface area contributed by atoms with Crippen molar-refractivity contribution in [3.63, 3.8) is 0 Å². The number of aromatic nitrogens is 1. The van der Waals surface area contributed by atoms with Gasteiger partial charge in [0.1, 0.15) is 11.4 Å². The Morgan fingerprint density at radius 2 is 1.62 bits per heavy atom. The van der Waals surface area contributed by atoms with Crippen molar-refractivity contribution < 1.29 is 27.5 Å². The lowest BCUT2D eigenvalue weighted by atomic mass is 9.98. The number of halogens is 3. The summed E-state index contributed by atoms with van der Waals surface area (Å²) >= 11 is 0. The molecule has 2 amide bonds. The number of hydrogen-bond donors (Lipinski definition) is 2. The molecule has 1 saturated carbocycles. The molecule has 1 aromatic heterocycles. The third-order valence-electron chi connectivity index (χ3n) is 7.05. The summed E-state index contributed by atoms with van der Waals surface area (Å²) in [4.78, 5) is 26.5. The van der Waals surface area contributed by atoms with E-state index >= 15 is 0 Å². The summed E-state index contributed by atoms with van der Waals surface area (Å²) < 4.78 is 45.9. The van der Waals surface area contributed by atoms with Gasteiger partial charge < -0.3 is 19.9 Å². The Hall–Kier alpha value is -4.53. The molecular formula is C31H28F3N3O3. The average Bonchev–Trinajstić information content (AvgIpc) is 3.73. The molecule has 4 aromatic rings. The Morgan fingerprint density at radius 1 is 0.950 bits per heavy atom. The first-order valence-corrected chi connectivity index (χ1v) is 12.8. The second-order valence-corrected chi connectivity index (χ2v) is 9.86. The average molecular weight is 548 g/mol. The summed E-state index contributed by atoms with van der Waals surface area (Å²) in [5.74, 6) is 0.397. The molecule has 0 aliphatic heterocycles. The molecule has 206 valence electrons. The molecule has 0 saturated heterocycles. The molecule has 1 heterocycles. The van der Waals surface area contributed by atoms with E-state index in [2.05, 4.69) is 10.6 Å². The third-order valence-corrected chi connectivity index (χ3v) is 7.05. The molecule has 1 aliphatic carbocycles. The monoisotopic (exact) mass is 547 g/mol. The van der Waals surface area contributed by atoms with Crippen LogP contribution in [-0.4, -0.2) is 23.5 Å². The summed E-state index contributed by atoms with van der Waals surface area (Å²) in [6.45, 7) is 0. The molecule has 0 spiro atoms. The van der Waals surface area contributed by atoms with Gasteiger partial charge in [0.15, 0.2) is 0 Å². The number of anilines is 1. The van der Waals surface area contributed by atoms with Gasteiger partial charge in [0.05, 0.1) is 24.4 Å². The molecule has 1 aliphatic rings. The predicted octanol–water partition coefficient (Wildman–Crippen LogP) is 6.85. The topological polar surface area (TPSA) is 72.4 Å². The predicted molar refractivity (Wildman–Crippen MR) is 146 cm³/mol. The molecule has 0 bridgehead atoms. The van der Waals surface area contributed by atoms with Gasteiger partial charge in [0.2, 0.25) is 0 Å². The van der Waals surface area contributed by atoms with Crippen molar-refractivity contribution in [1.29, 1.82) is 0 Å². The molecule has 1 unspecified atom stereocenters.